The van der Waals surface area contributed by atoms with Gasteiger partial charge in [0, 0.05) is 31.7 Å². The number of ether oxygens (including phenoxy) is 1. The number of carbonyl (C=O) groups is 1. The van der Waals surface area contributed by atoms with Gasteiger partial charge in [0.25, 0.3) is 5.91 Å². The standard InChI is InChI=1S/C22H25N5O2S/c1-4-29-18-7-5-17(6-8-18)19-9-10-20(25-24-19)26-11-13-27(14-12-26)22(28)21-15(2)23-16(3)30-21/h5-10H,4,11-14H2,1-3H3. The molecule has 3 heterocycles. The fourth-order valence-corrected chi connectivity index (χ4v) is 4.44. The summed E-state index contributed by atoms with van der Waals surface area (Å²) in [7, 11) is 0. The number of hydrogen-bond acceptors (Lipinski definition) is 7. The van der Waals surface area contributed by atoms with E-state index in [4.69, 9.17) is 4.74 Å². The molecule has 3 aromatic rings. The summed E-state index contributed by atoms with van der Waals surface area (Å²) in [6, 6.07) is 11.8. The maximum Gasteiger partial charge on any atom is 0.265 e. The van der Waals surface area contributed by atoms with Crippen molar-refractivity contribution >= 4 is 23.1 Å². The Morgan fingerprint density at radius 3 is 2.33 bits per heavy atom. The van der Waals surface area contributed by atoms with Crippen molar-refractivity contribution in [3.05, 3.63) is 52.0 Å². The third kappa shape index (κ3) is 4.28. The summed E-state index contributed by atoms with van der Waals surface area (Å²) in [6.07, 6.45) is 0. The van der Waals surface area contributed by atoms with Gasteiger partial charge in [0.1, 0.15) is 10.6 Å². The minimum absolute atomic E-state index is 0.0784. The van der Waals surface area contributed by atoms with Crippen molar-refractivity contribution in [2.75, 3.05) is 37.7 Å². The van der Waals surface area contributed by atoms with E-state index in [1.54, 1.807) is 0 Å². The van der Waals surface area contributed by atoms with Gasteiger partial charge in [0.05, 0.1) is 23.0 Å². The predicted octanol–water partition coefficient (Wildman–Crippen LogP) is 3.58. The van der Waals surface area contributed by atoms with Gasteiger partial charge in [0.2, 0.25) is 0 Å². The molecule has 0 saturated carbocycles. The number of amides is 1. The molecule has 0 aliphatic carbocycles. The third-order valence-corrected chi connectivity index (χ3v) is 6.16. The first-order valence-electron chi connectivity index (χ1n) is 10.1. The van der Waals surface area contributed by atoms with E-state index in [1.165, 1.54) is 11.3 Å². The first-order valence-corrected chi connectivity index (χ1v) is 10.9. The van der Waals surface area contributed by atoms with Gasteiger partial charge in [-0.2, -0.15) is 0 Å². The van der Waals surface area contributed by atoms with Gasteiger partial charge < -0.3 is 14.5 Å². The molecule has 4 rings (SSSR count). The van der Waals surface area contributed by atoms with E-state index in [1.807, 2.05) is 62.1 Å². The van der Waals surface area contributed by atoms with E-state index in [2.05, 4.69) is 20.1 Å². The number of carbonyl (C=O) groups excluding carboxylic acids is 1. The largest absolute Gasteiger partial charge is 0.494 e. The first kappa shape index (κ1) is 20.3. The molecule has 1 saturated heterocycles. The van der Waals surface area contributed by atoms with Crippen molar-refractivity contribution in [1.29, 1.82) is 0 Å². The molecular formula is C22H25N5O2S. The second kappa shape index (κ2) is 8.79. The molecule has 0 N–H and O–H groups in total. The van der Waals surface area contributed by atoms with Crippen LogP contribution in [0.1, 0.15) is 27.3 Å². The normalized spacial score (nSPS) is 14.1. The van der Waals surface area contributed by atoms with Crippen molar-refractivity contribution in [1.82, 2.24) is 20.1 Å². The number of nitrogens with zero attached hydrogens (tertiary/aromatic N) is 5. The van der Waals surface area contributed by atoms with Crippen molar-refractivity contribution in [2.24, 2.45) is 0 Å². The van der Waals surface area contributed by atoms with E-state index >= 15 is 0 Å². The fourth-order valence-electron chi connectivity index (χ4n) is 3.55. The highest BCUT2D eigenvalue weighted by Crippen LogP contribution is 2.23. The summed E-state index contributed by atoms with van der Waals surface area (Å²) in [5, 5.41) is 9.74. The maximum atomic E-state index is 12.8. The van der Waals surface area contributed by atoms with Crippen LogP contribution >= 0.6 is 11.3 Å². The van der Waals surface area contributed by atoms with Gasteiger partial charge in [-0.1, -0.05) is 0 Å². The molecule has 1 aliphatic rings. The van der Waals surface area contributed by atoms with Gasteiger partial charge in [0.15, 0.2) is 5.82 Å². The molecule has 30 heavy (non-hydrogen) atoms. The number of piperazine rings is 1. The van der Waals surface area contributed by atoms with Gasteiger partial charge in [-0.25, -0.2) is 4.98 Å². The molecule has 0 atom stereocenters. The lowest BCUT2D eigenvalue weighted by molar-refractivity contribution is 0.0750. The van der Waals surface area contributed by atoms with Crippen LogP contribution < -0.4 is 9.64 Å². The number of aromatic nitrogens is 3. The lowest BCUT2D eigenvalue weighted by Crippen LogP contribution is -2.49. The summed E-state index contributed by atoms with van der Waals surface area (Å²) >= 11 is 1.47. The number of thiazole rings is 1. The van der Waals surface area contributed by atoms with Crippen LogP contribution in [-0.4, -0.2) is 58.8 Å². The van der Waals surface area contributed by atoms with Gasteiger partial charge >= 0.3 is 0 Å². The van der Waals surface area contributed by atoms with E-state index in [0.29, 0.717) is 19.7 Å². The zero-order valence-electron chi connectivity index (χ0n) is 17.5. The van der Waals surface area contributed by atoms with Crippen molar-refractivity contribution < 1.29 is 9.53 Å². The molecule has 2 aromatic heterocycles. The lowest BCUT2D eigenvalue weighted by Gasteiger charge is -2.35. The minimum atomic E-state index is 0.0784. The summed E-state index contributed by atoms with van der Waals surface area (Å²) < 4.78 is 5.48. The molecular weight excluding hydrogens is 398 g/mol. The van der Waals surface area contributed by atoms with Crippen molar-refractivity contribution in [2.45, 2.75) is 20.8 Å². The minimum Gasteiger partial charge on any atom is -0.494 e. The Bertz CT molecular complexity index is 1010. The average Bonchev–Trinajstić information content (AvgIpc) is 3.12. The van der Waals surface area contributed by atoms with Gasteiger partial charge in [-0.3, -0.25) is 4.79 Å². The van der Waals surface area contributed by atoms with E-state index in [0.717, 1.165) is 51.5 Å². The Morgan fingerprint density at radius 1 is 1.03 bits per heavy atom. The smallest absolute Gasteiger partial charge is 0.265 e. The van der Waals surface area contributed by atoms with Gasteiger partial charge in [-0.15, -0.1) is 21.5 Å². The van der Waals surface area contributed by atoms with Crippen LogP contribution in [0, 0.1) is 13.8 Å². The topological polar surface area (TPSA) is 71.5 Å². The molecule has 0 bridgehead atoms. The zero-order chi connectivity index (χ0) is 21.1. The van der Waals surface area contributed by atoms with Crippen LogP contribution in [0.15, 0.2) is 36.4 Å². The van der Waals surface area contributed by atoms with E-state index in [9.17, 15) is 4.79 Å². The Labute approximate surface area is 180 Å². The van der Waals surface area contributed by atoms with E-state index in [-0.39, 0.29) is 5.91 Å². The number of aryl methyl sites for hydroxylation is 2. The first-order chi connectivity index (χ1) is 14.5. The second-order valence-corrected chi connectivity index (χ2v) is 8.36. The molecule has 0 unspecified atom stereocenters. The van der Waals surface area contributed by atoms with E-state index < -0.39 is 0 Å². The molecule has 7 nitrogen and oxygen atoms in total. The average molecular weight is 424 g/mol. The van der Waals surface area contributed by atoms with Crippen LogP contribution in [0.3, 0.4) is 0 Å². The molecule has 1 aromatic carbocycles. The van der Waals surface area contributed by atoms with Crippen LogP contribution in [-0.2, 0) is 0 Å². The Kier molecular flexibility index (Phi) is 5.94. The van der Waals surface area contributed by atoms with Crippen LogP contribution in [0.25, 0.3) is 11.3 Å². The lowest BCUT2D eigenvalue weighted by atomic mass is 10.1. The molecule has 8 heteroatoms. The highest BCUT2D eigenvalue weighted by molar-refractivity contribution is 7.13. The number of hydrogen-bond donors (Lipinski definition) is 0. The van der Waals surface area contributed by atoms with Crippen LogP contribution in [0.4, 0.5) is 5.82 Å². The van der Waals surface area contributed by atoms with Crippen molar-refractivity contribution in [3.8, 4) is 17.0 Å². The number of anilines is 1. The van der Waals surface area contributed by atoms with Crippen LogP contribution in [0.5, 0.6) is 5.75 Å². The Hall–Kier alpha value is -3.00. The summed E-state index contributed by atoms with van der Waals surface area (Å²) in [4.78, 5) is 22.0. The highest BCUT2D eigenvalue weighted by atomic mass is 32.1. The second-order valence-electron chi connectivity index (χ2n) is 7.16. The molecule has 1 aliphatic heterocycles. The highest BCUT2D eigenvalue weighted by Gasteiger charge is 2.25. The fraction of sp³-hybridized carbons (Fsp3) is 0.364. The molecule has 0 radical (unpaired) electrons. The SMILES string of the molecule is CCOc1ccc(-c2ccc(N3CCN(C(=O)c4sc(C)nc4C)CC3)nn2)cc1. The Morgan fingerprint density at radius 2 is 1.77 bits per heavy atom. The summed E-state index contributed by atoms with van der Waals surface area (Å²) in [5.41, 5.74) is 2.65. The monoisotopic (exact) mass is 423 g/mol. The predicted molar refractivity (Wildman–Crippen MR) is 118 cm³/mol. The molecule has 1 fully saturated rings. The molecule has 156 valence electrons. The van der Waals surface area contributed by atoms with Crippen LogP contribution in [0.2, 0.25) is 0 Å². The quantitative estimate of drug-likeness (QED) is 0.625. The maximum absolute atomic E-state index is 12.8. The molecule has 1 amide bonds. The Balaban J connectivity index is 1.38. The number of benzene rings is 1. The zero-order valence-corrected chi connectivity index (χ0v) is 18.3. The molecule has 0 spiro atoms. The summed E-state index contributed by atoms with van der Waals surface area (Å²) in [6.45, 7) is 9.25. The third-order valence-electron chi connectivity index (χ3n) is 5.10. The summed E-state index contributed by atoms with van der Waals surface area (Å²) in [5.74, 6) is 1.76. The number of rotatable bonds is 5. The van der Waals surface area contributed by atoms with Crippen molar-refractivity contribution in [3.63, 3.8) is 0 Å². The van der Waals surface area contributed by atoms with Gasteiger partial charge in [-0.05, 0) is 57.2 Å².